The predicted molar refractivity (Wildman–Crippen MR) is 30.0 cm³/mol. The summed E-state index contributed by atoms with van der Waals surface area (Å²) in [4.78, 5) is 0. The van der Waals surface area contributed by atoms with Crippen molar-refractivity contribution >= 4 is 11.9 Å². The first-order valence-corrected chi connectivity index (χ1v) is 1.79. The molecule has 4 heteroatoms. The summed E-state index contributed by atoms with van der Waals surface area (Å²) >= 11 is 0. The molecule has 0 aromatic carbocycles. The summed E-state index contributed by atoms with van der Waals surface area (Å²) in [5.74, 6) is 9.54. The van der Waals surface area contributed by atoms with Gasteiger partial charge in [-0.1, -0.05) is 0 Å². The molecule has 0 aliphatic rings. The maximum absolute atomic E-state index is 4.80. The topological polar surface area (TPSA) is 76.8 Å². The SMILES string of the molecule is CC(/C=N/N)=N/N. The molecule has 0 radical (unpaired) electrons. The Morgan fingerprint density at radius 3 is 2.29 bits per heavy atom. The van der Waals surface area contributed by atoms with Crippen LogP contribution in [0.1, 0.15) is 6.92 Å². The van der Waals surface area contributed by atoms with Gasteiger partial charge in [-0.15, -0.1) is 0 Å². The Hall–Kier alpha value is -1.06. The van der Waals surface area contributed by atoms with Gasteiger partial charge in [-0.25, -0.2) is 0 Å². The summed E-state index contributed by atoms with van der Waals surface area (Å²) < 4.78 is 0. The van der Waals surface area contributed by atoms with Crippen molar-refractivity contribution < 1.29 is 0 Å². The molecule has 0 atom stereocenters. The highest BCUT2D eigenvalue weighted by atomic mass is 15.1. The van der Waals surface area contributed by atoms with Gasteiger partial charge in [0.2, 0.25) is 0 Å². The molecule has 0 heterocycles. The first-order chi connectivity index (χ1) is 3.31. The Morgan fingerprint density at radius 1 is 1.57 bits per heavy atom. The Kier molecular flexibility index (Phi) is 2.67. The van der Waals surface area contributed by atoms with Crippen LogP contribution >= 0.6 is 0 Å². The van der Waals surface area contributed by atoms with E-state index >= 15 is 0 Å². The van der Waals surface area contributed by atoms with E-state index in [1.807, 2.05) is 0 Å². The molecule has 40 valence electrons. The van der Waals surface area contributed by atoms with Crippen molar-refractivity contribution in [2.75, 3.05) is 0 Å². The second kappa shape index (κ2) is 3.14. The number of hydrogen-bond acceptors (Lipinski definition) is 4. The highest BCUT2D eigenvalue weighted by Gasteiger charge is 1.75. The predicted octanol–water partition coefficient (Wildman–Crippen LogP) is -0.734. The molecule has 0 spiro atoms. The smallest absolute Gasteiger partial charge is 0.0769 e. The Labute approximate surface area is 41.9 Å². The van der Waals surface area contributed by atoms with Crippen LogP contribution in [0.2, 0.25) is 0 Å². The highest BCUT2D eigenvalue weighted by Crippen LogP contribution is 1.61. The van der Waals surface area contributed by atoms with Gasteiger partial charge in [0.05, 0.1) is 11.9 Å². The fraction of sp³-hybridized carbons (Fsp3) is 0.333. The zero-order valence-corrected chi connectivity index (χ0v) is 4.13. The third-order valence-corrected chi connectivity index (χ3v) is 0.465. The maximum atomic E-state index is 4.80. The first-order valence-electron chi connectivity index (χ1n) is 1.79. The van der Waals surface area contributed by atoms with Gasteiger partial charge in [-0.2, -0.15) is 10.2 Å². The van der Waals surface area contributed by atoms with Crippen LogP contribution in [0, 0.1) is 0 Å². The van der Waals surface area contributed by atoms with Crippen molar-refractivity contribution in [3.63, 3.8) is 0 Å². The van der Waals surface area contributed by atoms with E-state index in [-0.39, 0.29) is 0 Å². The lowest BCUT2D eigenvalue weighted by molar-refractivity contribution is 1.24. The minimum Gasteiger partial charge on any atom is -0.323 e. The van der Waals surface area contributed by atoms with E-state index < -0.39 is 0 Å². The summed E-state index contributed by atoms with van der Waals surface area (Å²) in [7, 11) is 0. The second-order valence-electron chi connectivity index (χ2n) is 1.05. The highest BCUT2D eigenvalue weighted by molar-refractivity contribution is 6.29. The largest absolute Gasteiger partial charge is 0.323 e. The van der Waals surface area contributed by atoms with Crippen LogP contribution in [0.5, 0.6) is 0 Å². The lowest BCUT2D eigenvalue weighted by Crippen LogP contribution is -1.98. The molecule has 0 bridgehead atoms. The van der Waals surface area contributed by atoms with Crippen molar-refractivity contribution in [2.45, 2.75) is 6.92 Å². The molecule has 0 aliphatic carbocycles. The molecule has 4 nitrogen and oxygen atoms in total. The van der Waals surface area contributed by atoms with Crippen LogP contribution in [0.3, 0.4) is 0 Å². The second-order valence-corrected chi connectivity index (χ2v) is 1.05. The lowest BCUT2D eigenvalue weighted by Gasteiger charge is -1.79. The van der Waals surface area contributed by atoms with Gasteiger partial charge in [-0.05, 0) is 6.92 Å². The van der Waals surface area contributed by atoms with E-state index in [2.05, 4.69) is 10.2 Å². The monoisotopic (exact) mass is 100 g/mol. The number of hydrogen-bond donors (Lipinski definition) is 2. The van der Waals surface area contributed by atoms with Gasteiger partial charge in [0, 0.05) is 0 Å². The molecule has 0 aromatic rings. The van der Waals surface area contributed by atoms with E-state index in [1.165, 1.54) is 6.21 Å². The Morgan fingerprint density at radius 2 is 2.14 bits per heavy atom. The number of nitrogens with two attached hydrogens (primary N) is 2. The van der Waals surface area contributed by atoms with Gasteiger partial charge in [-0.3, -0.25) is 0 Å². The summed E-state index contributed by atoms with van der Waals surface area (Å²) in [5, 5.41) is 6.44. The summed E-state index contributed by atoms with van der Waals surface area (Å²) in [5.41, 5.74) is 0.613. The molecule has 0 aliphatic heterocycles. The summed E-state index contributed by atoms with van der Waals surface area (Å²) in [6.07, 6.45) is 1.38. The molecule has 0 saturated carbocycles. The third kappa shape index (κ3) is 2.75. The maximum Gasteiger partial charge on any atom is 0.0769 e. The zero-order chi connectivity index (χ0) is 5.70. The quantitative estimate of drug-likeness (QED) is 0.259. The average molecular weight is 100 g/mol. The van der Waals surface area contributed by atoms with E-state index in [1.54, 1.807) is 6.92 Å². The molecule has 0 unspecified atom stereocenters. The number of rotatable bonds is 1. The number of nitrogens with zero attached hydrogens (tertiary/aromatic N) is 2. The molecule has 0 saturated heterocycles. The minimum absolute atomic E-state index is 0.613. The molecule has 4 N–H and O–H groups in total. The molecule has 7 heavy (non-hydrogen) atoms. The van der Waals surface area contributed by atoms with Gasteiger partial charge in [0.25, 0.3) is 0 Å². The van der Waals surface area contributed by atoms with Gasteiger partial charge >= 0.3 is 0 Å². The van der Waals surface area contributed by atoms with E-state index in [4.69, 9.17) is 11.7 Å². The van der Waals surface area contributed by atoms with Crippen LogP contribution in [0.4, 0.5) is 0 Å². The molecule has 0 aromatic heterocycles. The molecule has 0 amide bonds. The van der Waals surface area contributed by atoms with Crippen molar-refractivity contribution in [2.24, 2.45) is 21.9 Å². The summed E-state index contributed by atoms with van der Waals surface area (Å²) in [6, 6.07) is 0. The fourth-order valence-corrected chi connectivity index (χ4v) is 0.141. The van der Waals surface area contributed by atoms with Crippen molar-refractivity contribution in [3.8, 4) is 0 Å². The van der Waals surface area contributed by atoms with Crippen molar-refractivity contribution in [1.29, 1.82) is 0 Å². The zero-order valence-electron chi connectivity index (χ0n) is 4.13. The van der Waals surface area contributed by atoms with Gasteiger partial charge in [0.15, 0.2) is 0 Å². The molecule has 0 fully saturated rings. The third-order valence-electron chi connectivity index (χ3n) is 0.465. The van der Waals surface area contributed by atoms with Crippen LogP contribution in [0.15, 0.2) is 10.2 Å². The molecular formula is C3H8N4. The Balaban J connectivity index is 3.58. The Bertz CT molecular complexity index is 93.1. The lowest BCUT2D eigenvalue weighted by atomic mass is 10.5. The fourth-order valence-electron chi connectivity index (χ4n) is 0.141. The minimum atomic E-state index is 0.613. The van der Waals surface area contributed by atoms with E-state index in [0.29, 0.717) is 5.71 Å². The van der Waals surface area contributed by atoms with Crippen LogP contribution < -0.4 is 11.7 Å². The average Bonchev–Trinajstić information content (AvgIpc) is 1.68. The van der Waals surface area contributed by atoms with E-state index in [9.17, 15) is 0 Å². The van der Waals surface area contributed by atoms with Crippen LogP contribution in [-0.4, -0.2) is 11.9 Å². The summed E-state index contributed by atoms with van der Waals surface area (Å²) in [6.45, 7) is 1.70. The first kappa shape index (κ1) is 5.94. The standard InChI is InChI=1S/C3H8N4/c1-3(7-5)2-6-4/h2H,4-5H2,1H3/b6-2+,7-3-. The van der Waals surface area contributed by atoms with Crippen molar-refractivity contribution in [1.82, 2.24) is 0 Å². The van der Waals surface area contributed by atoms with Gasteiger partial charge < -0.3 is 11.7 Å². The van der Waals surface area contributed by atoms with Crippen molar-refractivity contribution in [3.05, 3.63) is 0 Å². The van der Waals surface area contributed by atoms with E-state index in [0.717, 1.165) is 0 Å². The molecular weight excluding hydrogens is 92.1 g/mol. The van der Waals surface area contributed by atoms with Crippen LogP contribution in [-0.2, 0) is 0 Å². The number of hydrazone groups is 2. The molecule has 0 rings (SSSR count). The van der Waals surface area contributed by atoms with Crippen LogP contribution in [0.25, 0.3) is 0 Å². The normalized spacial score (nSPS) is 13.0. The van der Waals surface area contributed by atoms with Gasteiger partial charge in [0.1, 0.15) is 0 Å².